The van der Waals surface area contributed by atoms with Crippen LogP contribution in [0.25, 0.3) is 0 Å². The van der Waals surface area contributed by atoms with Gasteiger partial charge in [-0.1, -0.05) is 20.3 Å². The molecule has 0 saturated carbocycles. The normalized spacial score (nSPS) is 12.2. The topological polar surface area (TPSA) is 47.0 Å². The van der Waals surface area contributed by atoms with Crippen LogP contribution in [0.15, 0.2) is 11.4 Å². The number of methoxy groups -OCH3 is 1. The zero-order valence-electron chi connectivity index (χ0n) is 10.3. The zero-order valence-corrected chi connectivity index (χ0v) is 11.1. The first kappa shape index (κ1) is 13.1. The molecule has 0 radical (unpaired) electrons. The first-order valence-corrected chi connectivity index (χ1v) is 6.41. The summed E-state index contributed by atoms with van der Waals surface area (Å²) in [5.41, 5.74) is 0. The van der Waals surface area contributed by atoms with Crippen molar-refractivity contribution in [2.24, 2.45) is 5.92 Å². The number of ether oxygens (including phenoxy) is 1. The standard InChI is InChI=1S/C11H19N3OS/c1-5-8(2)6-16-11-9(15-4)10(12-3)13-7-14-11/h7-8H,5-6H2,1-4H3,(H,12,13,14). The second kappa shape index (κ2) is 6.58. The molecular weight excluding hydrogens is 222 g/mol. The van der Waals surface area contributed by atoms with E-state index in [-0.39, 0.29) is 0 Å². The van der Waals surface area contributed by atoms with E-state index in [9.17, 15) is 0 Å². The lowest BCUT2D eigenvalue weighted by Crippen LogP contribution is -2.02. The molecule has 4 nitrogen and oxygen atoms in total. The van der Waals surface area contributed by atoms with Crippen LogP contribution in [0, 0.1) is 5.92 Å². The Morgan fingerprint density at radius 3 is 2.81 bits per heavy atom. The monoisotopic (exact) mass is 241 g/mol. The van der Waals surface area contributed by atoms with Gasteiger partial charge in [-0.15, -0.1) is 11.8 Å². The van der Waals surface area contributed by atoms with Crippen LogP contribution in [-0.4, -0.2) is 29.9 Å². The number of nitrogens with one attached hydrogen (secondary N) is 1. The van der Waals surface area contributed by atoms with Crippen LogP contribution in [0.2, 0.25) is 0 Å². The summed E-state index contributed by atoms with van der Waals surface area (Å²) in [5.74, 6) is 3.21. The highest BCUT2D eigenvalue weighted by atomic mass is 32.2. The molecule has 1 unspecified atom stereocenters. The number of nitrogens with zero attached hydrogens (tertiary/aromatic N) is 2. The lowest BCUT2D eigenvalue weighted by atomic mass is 10.2. The molecule has 0 bridgehead atoms. The summed E-state index contributed by atoms with van der Waals surface area (Å²) in [6, 6.07) is 0. The maximum atomic E-state index is 5.32. The van der Waals surface area contributed by atoms with Gasteiger partial charge in [-0.05, 0) is 5.92 Å². The molecule has 90 valence electrons. The first-order valence-electron chi connectivity index (χ1n) is 5.42. The van der Waals surface area contributed by atoms with E-state index in [4.69, 9.17) is 4.74 Å². The van der Waals surface area contributed by atoms with Crippen LogP contribution < -0.4 is 10.1 Å². The second-order valence-electron chi connectivity index (χ2n) is 3.64. The molecule has 0 aliphatic rings. The summed E-state index contributed by atoms with van der Waals surface area (Å²) in [6.07, 6.45) is 2.74. The van der Waals surface area contributed by atoms with Gasteiger partial charge < -0.3 is 10.1 Å². The molecule has 1 N–H and O–H groups in total. The number of hydrogen-bond acceptors (Lipinski definition) is 5. The average molecular weight is 241 g/mol. The van der Waals surface area contributed by atoms with E-state index in [1.165, 1.54) is 6.42 Å². The van der Waals surface area contributed by atoms with Crippen molar-refractivity contribution in [3.8, 4) is 5.75 Å². The van der Waals surface area contributed by atoms with Gasteiger partial charge in [-0.2, -0.15) is 0 Å². The van der Waals surface area contributed by atoms with Crippen LogP contribution in [0.3, 0.4) is 0 Å². The number of aromatic nitrogens is 2. The summed E-state index contributed by atoms with van der Waals surface area (Å²) in [7, 11) is 3.47. The van der Waals surface area contributed by atoms with E-state index in [1.807, 2.05) is 7.05 Å². The highest BCUT2D eigenvalue weighted by molar-refractivity contribution is 7.99. The van der Waals surface area contributed by atoms with Crippen molar-refractivity contribution in [1.29, 1.82) is 0 Å². The fourth-order valence-electron chi connectivity index (χ4n) is 1.16. The smallest absolute Gasteiger partial charge is 0.193 e. The van der Waals surface area contributed by atoms with Gasteiger partial charge in [-0.25, -0.2) is 9.97 Å². The Labute approximate surface area is 101 Å². The Bertz CT molecular complexity index is 333. The van der Waals surface area contributed by atoms with E-state index in [2.05, 4.69) is 29.1 Å². The molecule has 1 rings (SSSR count). The number of rotatable bonds is 6. The molecule has 1 aromatic heterocycles. The molecule has 1 heterocycles. The third kappa shape index (κ3) is 3.27. The van der Waals surface area contributed by atoms with Crippen LogP contribution >= 0.6 is 11.8 Å². The molecule has 0 aliphatic carbocycles. The van der Waals surface area contributed by atoms with E-state index < -0.39 is 0 Å². The van der Waals surface area contributed by atoms with E-state index >= 15 is 0 Å². The van der Waals surface area contributed by atoms with E-state index in [0.29, 0.717) is 5.92 Å². The Kier molecular flexibility index (Phi) is 5.38. The Hall–Kier alpha value is -0.970. The average Bonchev–Trinajstić information content (AvgIpc) is 2.34. The maximum absolute atomic E-state index is 5.32. The molecular formula is C11H19N3OS. The highest BCUT2D eigenvalue weighted by Crippen LogP contribution is 2.33. The zero-order chi connectivity index (χ0) is 12.0. The van der Waals surface area contributed by atoms with Crippen LogP contribution in [-0.2, 0) is 0 Å². The Morgan fingerprint density at radius 2 is 2.25 bits per heavy atom. The summed E-state index contributed by atoms with van der Waals surface area (Å²) in [6.45, 7) is 4.43. The molecule has 16 heavy (non-hydrogen) atoms. The van der Waals surface area contributed by atoms with Crippen LogP contribution in [0.1, 0.15) is 20.3 Å². The van der Waals surface area contributed by atoms with Gasteiger partial charge in [0.2, 0.25) is 0 Å². The summed E-state index contributed by atoms with van der Waals surface area (Å²) in [4.78, 5) is 8.37. The van der Waals surface area contributed by atoms with Crippen LogP contribution in [0.4, 0.5) is 5.82 Å². The Balaban J connectivity index is 2.78. The summed E-state index contributed by atoms with van der Waals surface area (Å²) < 4.78 is 5.32. The molecule has 1 atom stereocenters. The fraction of sp³-hybridized carbons (Fsp3) is 0.636. The molecule has 0 aliphatic heterocycles. The second-order valence-corrected chi connectivity index (χ2v) is 4.64. The largest absolute Gasteiger partial charge is 0.490 e. The SMILES string of the molecule is CCC(C)CSc1ncnc(NC)c1OC. The van der Waals surface area contributed by atoms with E-state index in [1.54, 1.807) is 25.2 Å². The van der Waals surface area contributed by atoms with Crippen molar-refractivity contribution in [2.75, 3.05) is 25.2 Å². The highest BCUT2D eigenvalue weighted by Gasteiger charge is 2.12. The third-order valence-corrected chi connectivity index (χ3v) is 3.71. The Morgan fingerprint density at radius 1 is 1.50 bits per heavy atom. The summed E-state index contributed by atoms with van der Waals surface area (Å²) >= 11 is 1.72. The van der Waals surface area contributed by atoms with Crippen molar-refractivity contribution in [1.82, 2.24) is 9.97 Å². The van der Waals surface area contributed by atoms with Gasteiger partial charge in [0, 0.05) is 12.8 Å². The molecule has 5 heteroatoms. The van der Waals surface area contributed by atoms with Crippen LogP contribution in [0.5, 0.6) is 5.75 Å². The molecule has 0 spiro atoms. The fourth-order valence-corrected chi connectivity index (χ4v) is 2.27. The lowest BCUT2D eigenvalue weighted by molar-refractivity contribution is 0.400. The third-order valence-electron chi connectivity index (χ3n) is 2.41. The predicted molar refractivity (Wildman–Crippen MR) is 68.3 cm³/mol. The molecule has 0 aromatic carbocycles. The van der Waals surface area contributed by atoms with Crippen molar-refractivity contribution in [2.45, 2.75) is 25.3 Å². The van der Waals surface area contributed by atoms with Crippen molar-refractivity contribution < 1.29 is 4.74 Å². The van der Waals surface area contributed by atoms with Crippen molar-refractivity contribution in [3.63, 3.8) is 0 Å². The van der Waals surface area contributed by atoms with Gasteiger partial charge in [-0.3, -0.25) is 0 Å². The minimum Gasteiger partial charge on any atom is -0.490 e. The molecule has 0 amide bonds. The lowest BCUT2D eigenvalue weighted by Gasteiger charge is -2.12. The first-order chi connectivity index (χ1) is 7.72. The van der Waals surface area contributed by atoms with Crippen molar-refractivity contribution in [3.05, 3.63) is 6.33 Å². The number of hydrogen-bond donors (Lipinski definition) is 1. The molecule has 0 saturated heterocycles. The van der Waals surface area contributed by atoms with Gasteiger partial charge in [0.25, 0.3) is 0 Å². The quantitative estimate of drug-likeness (QED) is 0.613. The minimum atomic E-state index is 0.683. The molecule has 0 fully saturated rings. The van der Waals surface area contributed by atoms with Gasteiger partial charge in [0.15, 0.2) is 11.6 Å². The van der Waals surface area contributed by atoms with Gasteiger partial charge in [0.05, 0.1) is 7.11 Å². The van der Waals surface area contributed by atoms with Gasteiger partial charge in [0.1, 0.15) is 11.4 Å². The number of anilines is 1. The minimum absolute atomic E-state index is 0.683. The summed E-state index contributed by atoms with van der Waals surface area (Å²) in [5, 5.41) is 3.90. The van der Waals surface area contributed by atoms with Gasteiger partial charge >= 0.3 is 0 Å². The van der Waals surface area contributed by atoms with E-state index in [0.717, 1.165) is 22.3 Å². The molecule has 1 aromatic rings. The number of thioether (sulfide) groups is 1. The van der Waals surface area contributed by atoms with Crippen molar-refractivity contribution >= 4 is 17.6 Å². The predicted octanol–water partition coefficient (Wildman–Crippen LogP) is 2.67. The maximum Gasteiger partial charge on any atom is 0.193 e.